The Bertz CT molecular complexity index is 1920. The maximum atomic E-state index is 14.1. The van der Waals surface area contributed by atoms with Crippen LogP contribution >= 0.6 is 23.1 Å². The Kier molecular flexibility index (Phi) is 8.79. The molecule has 3 atom stereocenters. The first-order valence-corrected chi connectivity index (χ1v) is 16.8. The number of benzene rings is 3. The lowest BCUT2D eigenvalue weighted by molar-refractivity contribution is -0.137. The normalized spacial score (nSPS) is 19.0. The third-order valence-electron chi connectivity index (χ3n) is 8.58. The number of nitrogens with zero attached hydrogens (tertiary/aromatic N) is 3. The molecule has 1 fully saturated rings. The van der Waals surface area contributed by atoms with Crippen LogP contribution in [0.4, 0.5) is 30.2 Å². The van der Waals surface area contributed by atoms with Gasteiger partial charge in [-0.3, -0.25) is 23.7 Å². The molecule has 244 valence electrons. The summed E-state index contributed by atoms with van der Waals surface area (Å²) in [5, 5.41) is 2.20. The first kappa shape index (κ1) is 32.6. The predicted molar refractivity (Wildman–Crippen MR) is 177 cm³/mol. The molecule has 3 heterocycles. The number of para-hydroxylation sites is 1. The highest BCUT2D eigenvalue weighted by molar-refractivity contribution is 8.00. The van der Waals surface area contributed by atoms with E-state index in [1.165, 1.54) is 16.7 Å². The van der Waals surface area contributed by atoms with E-state index in [-0.39, 0.29) is 12.2 Å². The van der Waals surface area contributed by atoms with E-state index in [1.807, 2.05) is 57.2 Å². The standard InChI is InChI=1S/C34H31F3N4O4S2/c1-4-39(5-2)22-15-13-20(14-16-22)26-27-28(31(44)41(30(27)43)23-11-8-10-21(17-23)34(35,36)37)46-32-29(26)47-33(45)40(32)18-25(42)38-24-12-7-6-9-19(24)3/h6-17,26-28H,4-5,18H2,1-3H3,(H,38,42). The first-order valence-electron chi connectivity index (χ1n) is 15.1. The topological polar surface area (TPSA) is 91.7 Å². The molecule has 1 N–H and O–H groups in total. The van der Waals surface area contributed by atoms with E-state index in [0.717, 1.165) is 64.5 Å². The average molecular weight is 681 g/mol. The summed E-state index contributed by atoms with van der Waals surface area (Å²) in [5.74, 6) is -3.48. The molecule has 8 nitrogen and oxygen atoms in total. The van der Waals surface area contributed by atoms with Gasteiger partial charge < -0.3 is 10.2 Å². The summed E-state index contributed by atoms with van der Waals surface area (Å²) < 4.78 is 42.1. The molecule has 3 aromatic carbocycles. The van der Waals surface area contributed by atoms with Gasteiger partial charge >= 0.3 is 11.0 Å². The van der Waals surface area contributed by atoms with Crippen molar-refractivity contribution in [3.63, 3.8) is 0 Å². The van der Waals surface area contributed by atoms with E-state index < -0.39 is 51.4 Å². The van der Waals surface area contributed by atoms with Crippen LogP contribution in [0.1, 0.15) is 41.3 Å². The van der Waals surface area contributed by atoms with Crippen LogP contribution < -0.4 is 20.0 Å². The molecule has 3 unspecified atom stereocenters. The lowest BCUT2D eigenvalue weighted by atomic mass is 9.83. The molecule has 1 aromatic heterocycles. The highest BCUT2D eigenvalue weighted by Crippen LogP contribution is 2.54. The van der Waals surface area contributed by atoms with Crippen molar-refractivity contribution in [2.45, 2.75) is 49.7 Å². The molecule has 2 aliphatic heterocycles. The van der Waals surface area contributed by atoms with E-state index in [4.69, 9.17) is 0 Å². The second-order valence-corrected chi connectivity index (χ2v) is 13.5. The molecular weight excluding hydrogens is 650 g/mol. The van der Waals surface area contributed by atoms with Crippen molar-refractivity contribution in [1.29, 1.82) is 0 Å². The largest absolute Gasteiger partial charge is 0.416 e. The molecule has 0 aliphatic carbocycles. The fraction of sp³-hybridized carbons (Fsp3) is 0.294. The minimum atomic E-state index is -4.67. The number of thioether (sulfide) groups is 1. The Labute approximate surface area is 277 Å². The number of amides is 3. The highest BCUT2D eigenvalue weighted by atomic mass is 32.2. The number of alkyl halides is 3. The molecule has 3 amide bonds. The van der Waals surface area contributed by atoms with Crippen LogP contribution in [-0.2, 0) is 27.1 Å². The summed E-state index contributed by atoms with van der Waals surface area (Å²) >= 11 is 1.92. The minimum Gasteiger partial charge on any atom is -0.372 e. The third kappa shape index (κ3) is 5.98. The van der Waals surface area contributed by atoms with E-state index in [2.05, 4.69) is 10.2 Å². The Morgan fingerprint density at radius 2 is 1.64 bits per heavy atom. The SMILES string of the molecule is CCN(CC)c1ccc(C2c3sc(=O)n(CC(=O)Nc4ccccc4C)c3SC3C(=O)N(c4cccc(C(F)(F)F)c4)C(=O)C32)cc1. The lowest BCUT2D eigenvalue weighted by Gasteiger charge is -2.31. The predicted octanol–water partition coefficient (Wildman–Crippen LogP) is 6.52. The Morgan fingerprint density at radius 3 is 2.30 bits per heavy atom. The van der Waals surface area contributed by atoms with Gasteiger partial charge in [-0.1, -0.05) is 59.5 Å². The number of thiazole rings is 1. The van der Waals surface area contributed by atoms with Crippen molar-refractivity contribution < 1.29 is 27.6 Å². The Balaban J connectivity index is 1.42. The van der Waals surface area contributed by atoms with E-state index in [9.17, 15) is 32.3 Å². The van der Waals surface area contributed by atoms with Crippen molar-refractivity contribution >= 4 is 57.9 Å². The van der Waals surface area contributed by atoms with Crippen LogP contribution in [0.25, 0.3) is 0 Å². The van der Waals surface area contributed by atoms with Crippen LogP contribution in [-0.4, -0.2) is 40.6 Å². The second kappa shape index (κ2) is 12.7. The summed E-state index contributed by atoms with van der Waals surface area (Å²) in [5.41, 5.74) is 1.94. The van der Waals surface area contributed by atoms with Gasteiger partial charge in [0.05, 0.1) is 22.2 Å². The number of carbonyl (C=O) groups is 3. The van der Waals surface area contributed by atoms with Gasteiger partial charge in [-0.05, 0) is 68.3 Å². The molecule has 4 aromatic rings. The van der Waals surface area contributed by atoms with Crippen molar-refractivity contribution in [3.8, 4) is 0 Å². The zero-order valence-corrected chi connectivity index (χ0v) is 27.3. The number of anilines is 3. The monoisotopic (exact) mass is 680 g/mol. The molecule has 0 radical (unpaired) electrons. The van der Waals surface area contributed by atoms with Crippen LogP contribution in [0, 0.1) is 12.8 Å². The molecular formula is C34H31F3N4O4S2. The van der Waals surface area contributed by atoms with Crippen molar-refractivity contribution in [1.82, 2.24) is 4.57 Å². The number of carbonyl (C=O) groups excluding carboxylic acids is 3. The summed E-state index contributed by atoms with van der Waals surface area (Å²) in [6, 6.07) is 18.9. The summed E-state index contributed by atoms with van der Waals surface area (Å²) in [6.45, 7) is 7.15. The van der Waals surface area contributed by atoms with Crippen LogP contribution in [0.3, 0.4) is 0 Å². The molecule has 6 rings (SSSR count). The number of hydrogen-bond donors (Lipinski definition) is 1. The Morgan fingerprint density at radius 1 is 0.936 bits per heavy atom. The molecule has 0 saturated carbocycles. The second-order valence-electron chi connectivity index (χ2n) is 11.4. The maximum Gasteiger partial charge on any atom is 0.416 e. The number of halogens is 3. The van der Waals surface area contributed by atoms with Gasteiger partial charge in [0.2, 0.25) is 17.7 Å². The number of fused-ring (bicyclic) bond motifs is 2. The van der Waals surface area contributed by atoms with Gasteiger partial charge in [-0.2, -0.15) is 13.2 Å². The lowest BCUT2D eigenvalue weighted by Crippen LogP contribution is -2.33. The average Bonchev–Trinajstić information content (AvgIpc) is 3.49. The molecule has 13 heteroatoms. The molecule has 0 spiro atoms. The number of rotatable bonds is 8. The van der Waals surface area contributed by atoms with E-state index in [1.54, 1.807) is 12.1 Å². The number of hydrogen-bond acceptors (Lipinski definition) is 7. The molecule has 0 bridgehead atoms. The smallest absolute Gasteiger partial charge is 0.372 e. The fourth-order valence-corrected chi connectivity index (χ4v) is 8.99. The van der Waals surface area contributed by atoms with Crippen molar-refractivity contribution in [3.05, 3.63) is 104 Å². The van der Waals surface area contributed by atoms with Gasteiger partial charge in [-0.25, -0.2) is 4.90 Å². The third-order valence-corrected chi connectivity index (χ3v) is 11.2. The first-order chi connectivity index (χ1) is 22.4. The molecule has 2 aliphatic rings. The maximum absolute atomic E-state index is 14.1. The fourth-order valence-electron chi connectivity index (χ4n) is 6.22. The summed E-state index contributed by atoms with van der Waals surface area (Å²) in [4.78, 5) is 57.8. The van der Waals surface area contributed by atoms with Crippen LogP contribution in [0.2, 0.25) is 0 Å². The van der Waals surface area contributed by atoms with Gasteiger partial charge in [0.25, 0.3) is 0 Å². The summed E-state index contributed by atoms with van der Waals surface area (Å²) in [6.07, 6.45) is -4.67. The number of nitrogens with one attached hydrogen (secondary N) is 1. The zero-order valence-electron chi connectivity index (χ0n) is 25.7. The number of aryl methyl sites for hydroxylation is 1. The van der Waals surface area contributed by atoms with Gasteiger partial charge in [-0.15, -0.1) is 0 Å². The van der Waals surface area contributed by atoms with E-state index in [0.29, 0.717) is 21.2 Å². The quantitative estimate of drug-likeness (QED) is 0.213. The number of aromatic nitrogens is 1. The number of imide groups is 1. The van der Waals surface area contributed by atoms with E-state index >= 15 is 0 Å². The Hall–Kier alpha value is -4.36. The van der Waals surface area contributed by atoms with Crippen molar-refractivity contribution in [2.24, 2.45) is 5.92 Å². The van der Waals surface area contributed by atoms with Gasteiger partial charge in [0, 0.05) is 35.3 Å². The zero-order chi connectivity index (χ0) is 33.6. The molecule has 47 heavy (non-hydrogen) atoms. The van der Waals surface area contributed by atoms with Crippen molar-refractivity contribution in [2.75, 3.05) is 28.2 Å². The molecule has 1 saturated heterocycles. The van der Waals surface area contributed by atoms with Crippen LogP contribution in [0.5, 0.6) is 0 Å². The summed E-state index contributed by atoms with van der Waals surface area (Å²) in [7, 11) is 0. The van der Waals surface area contributed by atoms with Gasteiger partial charge in [0.1, 0.15) is 11.8 Å². The van der Waals surface area contributed by atoms with Gasteiger partial charge in [0.15, 0.2) is 0 Å². The minimum absolute atomic E-state index is 0.168. The van der Waals surface area contributed by atoms with Crippen LogP contribution in [0.15, 0.2) is 82.6 Å². The highest BCUT2D eigenvalue weighted by Gasteiger charge is 2.57.